The minimum atomic E-state index is -0.148. The second-order valence-corrected chi connectivity index (χ2v) is 4.05. The summed E-state index contributed by atoms with van der Waals surface area (Å²) in [6, 6.07) is 3.37. The van der Waals surface area contributed by atoms with Crippen molar-refractivity contribution in [2.24, 2.45) is 0 Å². The molecule has 88 valence electrons. The van der Waals surface area contributed by atoms with Gasteiger partial charge in [-0.15, -0.1) is 0 Å². The summed E-state index contributed by atoms with van der Waals surface area (Å²) in [5.74, 6) is -0.123. The Bertz CT molecular complexity index is 423. The zero-order valence-electron chi connectivity index (χ0n) is 9.99. The van der Waals surface area contributed by atoms with Gasteiger partial charge < -0.3 is 9.88 Å². The summed E-state index contributed by atoms with van der Waals surface area (Å²) < 4.78 is 1.42. The largest absolute Gasteiger partial charge is 0.352 e. The molecule has 0 aromatic carbocycles. The fraction of sp³-hybridized carbons (Fsp3) is 0.500. The first-order chi connectivity index (χ1) is 7.52. The van der Waals surface area contributed by atoms with E-state index in [1.807, 2.05) is 20.8 Å². The summed E-state index contributed by atoms with van der Waals surface area (Å²) >= 11 is 0. The second-order valence-electron chi connectivity index (χ2n) is 4.05. The molecule has 1 heterocycles. The van der Waals surface area contributed by atoms with Crippen LogP contribution in [0, 0.1) is 6.92 Å². The van der Waals surface area contributed by atoms with Crippen LogP contribution >= 0.6 is 0 Å². The van der Waals surface area contributed by atoms with Crippen molar-refractivity contribution in [1.82, 2.24) is 9.88 Å². The third kappa shape index (κ3) is 3.53. The Morgan fingerprint density at radius 3 is 2.81 bits per heavy atom. The molecule has 4 nitrogen and oxygen atoms in total. The van der Waals surface area contributed by atoms with Gasteiger partial charge in [0.15, 0.2) is 0 Å². The van der Waals surface area contributed by atoms with E-state index in [0.29, 0.717) is 0 Å². The molecule has 1 atom stereocenters. The van der Waals surface area contributed by atoms with Gasteiger partial charge in [-0.1, -0.05) is 13.0 Å². The first-order valence-electron chi connectivity index (χ1n) is 5.49. The number of rotatable bonds is 4. The standard InChI is InChI=1S/C12H18N2O2/c1-4-10(3)13-11(15)8-14-7-9(2)5-6-12(14)16/h5-7,10H,4,8H2,1-3H3,(H,13,15). The first kappa shape index (κ1) is 12.5. The zero-order valence-corrected chi connectivity index (χ0v) is 9.99. The Morgan fingerprint density at radius 2 is 2.19 bits per heavy atom. The molecule has 0 saturated heterocycles. The van der Waals surface area contributed by atoms with Gasteiger partial charge in [0.1, 0.15) is 6.54 Å². The van der Waals surface area contributed by atoms with Crippen LogP contribution in [-0.2, 0) is 11.3 Å². The summed E-state index contributed by atoms with van der Waals surface area (Å²) in [4.78, 5) is 23.0. The molecular weight excluding hydrogens is 204 g/mol. The van der Waals surface area contributed by atoms with E-state index in [9.17, 15) is 9.59 Å². The van der Waals surface area contributed by atoms with Crippen LogP contribution < -0.4 is 10.9 Å². The SMILES string of the molecule is CCC(C)NC(=O)Cn1cc(C)ccc1=O. The molecule has 0 fully saturated rings. The van der Waals surface area contributed by atoms with Crippen LogP contribution in [-0.4, -0.2) is 16.5 Å². The minimum Gasteiger partial charge on any atom is -0.352 e. The number of nitrogens with zero attached hydrogens (tertiary/aromatic N) is 1. The lowest BCUT2D eigenvalue weighted by Crippen LogP contribution is -2.36. The highest BCUT2D eigenvalue weighted by molar-refractivity contribution is 5.76. The minimum absolute atomic E-state index is 0.0881. The van der Waals surface area contributed by atoms with Crippen LogP contribution in [0.1, 0.15) is 25.8 Å². The van der Waals surface area contributed by atoms with Gasteiger partial charge in [-0.3, -0.25) is 9.59 Å². The smallest absolute Gasteiger partial charge is 0.251 e. The van der Waals surface area contributed by atoms with Crippen LogP contribution in [0.5, 0.6) is 0 Å². The molecule has 0 bridgehead atoms. The van der Waals surface area contributed by atoms with Crippen molar-refractivity contribution in [1.29, 1.82) is 0 Å². The molecule has 1 aromatic rings. The van der Waals surface area contributed by atoms with Gasteiger partial charge in [0.25, 0.3) is 5.56 Å². The number of aromatic nitrogens is 1. The van der Waals surface area contributed by atoms with E-state index >= 15 is 0 Å². The highest BCUT2D eigenvalue weighted by Gasteiger charge is 2.06. The highest BCUT2D eigenvalue weighted by atomic mass is 16.2. The first-order valence-corrected chi connectivity index (χ1v) is 5.49. The van der Waals surface area contributed by atoms with E-state index in [1.54, 1.807) is 12.3 Å². The van der Waals surface area contributed by atoms with Gasteiger partial charge in [-0.25, -0.2) is 0 Å². The molecule has 1 aromatic heterocycles. The van der Waals surface area contributed by atoms with Crippen LogP contribution in [0.25, 0.3) is 0 Å². The van der Waals surface area contributed by atoms with E-state index < -0.39 is 0 Å². The van der Waals surface area contributed by atoms with E-state index in [-0.39, 0.29) is 24.1 Å². The van der Waals surface area contributed by atoms with E-state index in [4.69, 9.17) is 0 Å². The number of hydrogen-bond acceptors (Lipinski definition) is 2. The lowest BCUT2D eigenvalue weighted by molar-refractivity contribution is -0.122. The van der Waals surface area contributed by atoms with E-state index in [0.717, 1.165) is 12.0 Å². The number of aryl methyl sites for hydroxylation is 1. The van der Waals surface area contributed by atoms with Crippen LogP contribution in [0.3, 0.4) is 0 Å². The van der Waals surface area contributed by atoms with Crippen LogP contribution in [0.4, 0.5) is 0 Å². The third-order valence-electron chi connectivity index (χ3n) is 2.47. The van der Waals surface area contributed by atoms with Gasteiger partial charge in [0.2, 0.25) is 5.91 Å². The Morgan fingerprint density at radius 1 is 1.50 bits per heavy atom. The van der Waals surface area contributed by atoms with Crippen molar-refractivity contribution in [3.05, 3.63) is 34.2 Å². The molecule has 0 aliphatic rings. The third-order valence-corrected chi connectivity index (χ3v) is 2.47. The number of nitrogens with one attached hydrogen (secondary N) is 1. The summed E-state index contributed by atoms with van der Waals surface area (Å²) in [6.45, 7) is 5.92. The highest BCUT2D eigenvalue weighted by Crippen LogP contribution is 1.93. The second kappa shape index (κ2) is 5.49. The maximum absolute atomic E-state index is 11.6. The van der Waals surface area contributed by atoms with Crippen molar-refractivity contribution in [3.63, 3.8) is 0 Å². The number of pyridine rings is 1. The van der Waals surface area contributed by atoms with Gasteiger partial charge in [0, 0.05) is 18.3 Å². The van der Waals surface area contributed by atoms with E-state index in [1.165, 1.54) is 10.6 Å². The monoisotopic (exact) mass is 222 g/mol. The lowest BCUT2D eigenvalue weighted by atomic mass is 10.2. The molecule has 1 unspecified atom stereocenters. The Kier molecular flexibility index (Phi) is 4.28. The topological polar surface area (TPSA) is 51.1 Å². The van der Waals surface area contributed by atoms with Crippen molar-refractivity contribution < 1.29 is 4.79 Å². The van der Waals surface area contributed by atoms with Crippen molar-refractivity contribution in [2.45, 2.75) is 39.8 Å². The molecule has 0 saturated carbocycles. The lowest BCUT2D eigenvalue weighted by Gasteiger charge is -2.12. The predicted octanol–water partition coefficient (Wildman–Crippen LogP) is 1.07. The van der Waals surface area contributed by atoms with Crippen LogP contribution in [0.15, 0.2) is 23.1 Å². The number of carbonyl (C=O) groups is 1. The fourth-order valence-corrected chi connectivity index (χ4v) is 1.35. The maximum Gasteiger partial charge on any atom is 0.251 e. The summed E-state index contributed by atoms with van der Waals surface area (Å²) in [5, 5.41) is 2.83. The van der Waals surface area contributed by atoms with Crippen LogP contribution in [0.2, 0.25) is 0 Å². The molecule has 0 aliphatic carbocycles. The average molecular weight is 222 g/mol. The molecule has 1 rings (SSSR count). The molecule has 1 N–H and O–H groups in total. The molecule has 0 aliphatic heterocycles. The quantitative estimate of drug-likeness (QED) is 0.828. The van der Waals surface area contributed by atoms with Crippen molar-refractivity contribution >= 4 is 5.91 Å². The Balaban J connectivity index is 2.69. The average Bonchev–Trinajstić information content (AvgIpc) is 2.23. The Hall–Kier alpha value is -1.58. The van der Waals surface area contributed by atoms with Gasteiger partial charge in [-0.05, 0) is 25.8 Å². The number of carbonyl (C=O) groups excluding carboxylic acids is 1. The van der Waals surface area contributed by atoms with E-state index in [2.05, 4.69) is 5.32 Å². The molecule has 0 spiro atoms. The molecular formula is C12H18N2O2. The molecule has 0 radical (unpaired) electrons. The number of hydrogen-bond donors (Lipinski definition) is 1. The van der Waals surface area contributed by atoms with Gasteiger partial charge >= 0.3 is 0 Å². The molecule has 1 amide bonds. The fourth-order valence-electron chi connectivity index (χ4n) is 1.35. The van der Waals surface area contributed by atoms with Crippen molar-refractivity contribution in [3.8, 4) is 0 Å². The summed E-state index contributed by atoms with van der Waals surface area (Å²) in [5.41, 5.74) is 0.820. The van der Waals surface area contributed by atoms with Gasteiger partial charge in [0.05, 0.1) is 0 Å². The van der Waals surface area contributed by atoms with Gasteiger partial charge in [-0.2, -0.15) is 0 Å². The Labute approximate surface area is 95.3 Å². The van der Waals surface area contributed by atoms with Crippen molar-refractivity contribution in [2.75, 3.05) is 0 Å². The molecule has 16 heavy (non-hydrogen) atoms. The summed E-state index contributed by atoms with van der Waals surface area (Å²) in [6.07, 6.45) is 2.58. The normalized spacial score (nSPS) is 12.2. The maximum atomic E-state index is 11.6. The molecule has 4 heteroatoms. The zero-order chi connectivity index (χ0) is 12.1. The number of amides is 1. The predicted molar refractivity (Wildman–Crippen MR) is 63.3 cm³/mol. The summed E-state index contributed by atoms with van der Waals surface area (Å²) in [7, 11) is 0.